The Bertz CT molecular complexity index is 671. The minimum Gasteiger partial charge on any atom is -0.484 e. The summed E-state index contributed by atoms with van der Waals surface area (Å²) in [6.45, 7) is 2.57. The lowest BCUT2D eigenvalue weighted by molar-refractivity contribution is -0.123. The molecule has 25 heavy (non-hydrogen) atoms. The van der Waals surface area contributed by atoms with E-state index < -0.39 is 0 Å². The molecule has 0 bridgehead atoms. The number of amides is 1. The average molecular weight is 343 g/mol. The Hall–Kier alpha value is -2.63. The van der Waals surface area contributed by atoms with Crippen LogP contribution in [-0.4, -0.2) is 37.1 Å². The van der Waals surface area contributed by atoms with Crippen LogP contribution in [0.25, 0.3) is 0 Å². The number of benzene rings is 1. The van der Waals surface area contributed by atoms with Crippen LogP contribution in [0.3, 0.4) is 0 Å². The second-order valence-corrected chi connectivity index (χ2v) is 6.18. The number of anilines is 1. The van der Waals surface area contributed by atoms with Crippen LogP contribution < -0.4 is 15.0 Å². The number of rotatable bonds is 6. The molecule has 1 aromatic heterocycles. The van der Waals surface area contributed by atoms with Crippen molar-refractivity contribution in [1.29, 1.82) is 0 Å². The Kier molecular flexibility index (Phi) is 5.82. The highest BCUT2D eigenvalue weighted by Gasteiger charge is 2.19. The molecule has 0 radical (unpaired) electrons. The molecule has 0 atom stereocenters. The van der Waals surface area contributed by atoms with Crippen LogP contribution in [0.4, 0.5) is 10.1 Å². The molecule has 6 heteroatoms. The molecule has 2 aromatic rings. The van der Waals surface area contributed by atoms with E-state index in [2.05, 4.69) is 15.2 Å². The molecule has 0 unspecified atom stereocenters. The van der Waals surface area contributed by atoms with Crippen molar-refractivity contribution in [2.75, 3.05) is 31.1 Å². The van der Waals surface area contributed by atoms with Gasteiger partial charge in [0, 0.05) is 37.7 Å². The number of hydrogen-bond donors (Lipinski definition) is 1. The molecule has 1 aliphatic rings. The Morgan fingerprint density at radius 3 is 2.52 bits per heavy atom. The molecule has 2 heterocycles. The maximum atomic E-state index is 12.8. The third-order valence-electron chi connectivity index (χ3n) is 4.41. The van der Waals surface area contributed by atoms with E-state index in [9.17, 15) is 9.18 Å². The first-order valence-electron chi connectivity index (χ1n) is 8.51. The lowest BCUT2D eigenvalue weighted by Crippen LogP contribution is -2.39. The van der Waals surface area contributed by atoms with Gasteiger partial charge in [0.25, 0.3) is 5.91 Å². The van der Waals surface area contributed by atoms with E-state index in [1.54, 1.807) is 0 Å². The zero-order valence-electron chi connectivity index (χ0n) is 14.0. The van der Waals surface area contributed by atoms with E-state index in [1.807, 2.05) is 24.5 Å². The van der Waals surface area contributed by atoms with E-state index in [1.165, 1.54) is 30.0 Å². The Labute approximate surface area is 146 Å². The maximum absolute atomic E-state index is 12.8. The number of carbonyl (C=O) groups excluding carboxylic acids is 1. The predicted octanol–water partition coefficient (Wildman–Crippen LogP) is 2.63. The highest BCUT2D eigenvalue weighted by Crippen LogP contribution is 2.22. The monoisotopic (exact) mass is 343 g/mol. The number of nitrogens with one attached hydrogen (secondary N) is 1. The standard InChI is InChI=1S/C19H22FN3O2/c20-16-1-3-18(4-2-16)25-14-19(24)22-13-15-7-11-23(12-8-15)17-5-9-21-10-6-17/h1-6,9-10,15H,7-8,11-14H2,(H,22,24). The van der Waals surface area contributed by atoms with Gasteiger partial charge in [0.2, 0.25) is 0 Å². The van der Waals surface area contributed by atoms with Crippen LogP contribution in [-0.2, 0) is 4.79 Å². The minimum atomic E-state index is -0.324. The van der Waals surface area contributed by atoms with Crippen molar-refractivity contribution in [3.63, 3.8) is 0 Å². The van der Waals surface area contributed by atoms with Gasteiger partial charge in [0.1, 0.15) is 11.6 Å². The van der Waals surface area contributed by atoms with Crippen molar-refractivity contribution in [3.8, 4) is 5.75 Å². The van der Waals surface area contributed by atoms with Gasteiger partial charge in [-0.3, -0.25) is 9.78 Å². The Morgan fingerprint density at radius 1 is 1.16 bits per heavy atom. The van der Waals surface area contributed by atoms with Crippen molar-refractivity contribution >= 4 is 11.6 Å². The predicted molar refractivity (Wildman–Crippen MR) is 94.1 cm³/mol. The van der Waals surface area contributed by atoms with E-state index in [0.29, 0.717) is 18.2 Å². The molecule has 0 spiro atoms. The quantitative estimate of drug-likeness (QED) is 0.876. The second kappa shape index (κ2) is 8.46. The summed E-state index contributed by atoms with van der Waals surface area (Å²) in [4.78, 5) is 18.3. The number of halogens is 1. The molecule has 0 saturated carbocycles. The summed E-state index contributed by atoms with van der Waals surface area (Å²) in [6, 6.07) is 9.69. The summed E-state index contributed by atoms with van der Waals surface area (Å²) in [6.07, 6.45) is 5.70. The van der Waals surface area contributed by atoms with Gasteiger partial charge in [-0.25, -0.2) is 4.39 Å². The third kappa shape index (κ3) is 5.17. The summed E-state index contributed by atoms with van der Waals surface area (Å²) in [7, 11) is 0. The lowest BCUT2D eigenvalue weighted by Gasteiger charge is -2.33. The summed E-state index contributed by atoms with van der Waals surface area (Å²) < 4.78 is 18.2. The molecule has 1 amide bonds. The van der Waals surface area contributed by atoms with Crippen molar-refractivity contribution in [1.82, 2.24) is 10.3 Å². The molecule has 0 aliphatic carbocycles. The minimum absolute atomic E-state index is 0.0541. The summed E-state index contributed by atoms with van der Waals surface area (Å²) in [5, 5.41) is 2.92. The summed E-state index contributed by atoms with van der Waals surface area (Å²) in [5.41, 5.74) is 1.20. The van der Waals surface area contributed by atoms with Gasteiger partial charge in [-0.1, -0.05) is 0 Å². The lowest BCUT2D eigenvalue weighted by atomic mass is 9.96. The van der Waals surface area contributed by atoms with E-state index >= 15 is 0 Å². The fraction of sp³-hybridized carbons (Fsp3) is 0.368. The number of carbonyl (C=O) groups is 1. The van der Waals surface area contributed by atoms with E-state index in [-0.39, 0.29) is 18.3 Å². The number of nitrogens with zero attached hydrogens (tertiary/aromatic N) is 2. The Balaban J connectivity index is 1.35. The first-order chi connectivity index (χ1) is 12.2. The number of pyridine rings is 1. The molecule has 1 saturated heterocycles. The fourth-order valence-electron chi connectivity index (χ4n) is 2.94. The van der Waals surface area contributed by atoms with Gasteiger partial charge in [0.15, 0.2) is 6.61 Å². The molecule has 132 valence electrons. The fourth-order valence-corrected chi connectivity index (χ4v) is 2.94. The van der Waals surface area contributed by atoms with Gasteiger partial charge in [-0.15, -0.1) is 0 Å². The van der Waals surface area contributed by atoms with Crippen molar-refractivity contribution < 1.29 is 13.9 Å². The number of hydrogen-bond acceptors (Lipinski definition) is 4. The van der Waals surface area contributed by atoms with Crippen LogP contribution in [0.15, 0.2) is 48.8 Å². The van der Waals surface area contributed by atoms with Gasteiger partial charge in [-0.05, 0) is 55.2 Å². The van der Waals surface area contributed by atoms with Crippen LogP contribution in [0.5, 0.6) is 5.75 Å². The van der Waals surface area contributed by atoms with Crippen molar-refractivity contribution in [3.05, 3.63) is 54.6 Å². The topological polar surface area (TPSA) is 54.5 Å². The van der Waals surface area contributed by atoms with E-state index in [4.69, 9.17) is 4.74 Å². The van der Waals surface area contributed by atoms with Crippen molar-refractivity contribution in [2.45, 2.75) is 12.8 Å². The van der Waals surface area contributed by atoms with Crippen LogP contribution in [0, 0.1) is 11.7 Å². The van der Waals surface area contributed by atoms with E-state index in [0.717, 1.165) is 25.9 Å². The first-order valence-corrected chi connectivity index (χ1v) is 8.51. The molecule has 3 rings (SSSR count). The molecule has 5 nitrogen and oxygen atoms in total. The normalized spacial score (nSPS) is 15.0. The smallest absolute Gasteiger partial charge is 0.257 e. The maximum Gasteiger partial charge on any atom is 0.257 e. The molecule has 1 aliphatic heterocycles. The van der Waals surface area contributed by atoms with Crippen molar-refractivity contribution in [2.24, 2.45) is 5.92 Å². The largest absolute Gasteiger partial charge is 0.484 e. The summed E-state index contributed by atoms with van der Waals surface area (Å²) in [5.74, 6) is 0.492. The van der Waals surface area contributed by atoms with Gasteiger partial charge >= 0.3 is 0 Å². The summed E-state index contributed by atoms with van der Waals surface area (Å²) >= 11 is 0. The number of piperidine rings is 1. The van der Waals surface area contributed by atoms with Crippen LogP contribution in [0.2, 0.25) is 0 Å². The molecule has 1 N–H and O–H groups in total. The average Bonchev–Trinajstić information content (AvgIpc) is 2.67. The third-order valence-corrected chi connectivity index (χ3v) is 4.41. The zero-order chi connectivity index (χ0) is 17.5. The van der Waals surface area contributed by atoms with Crippen LogP contribution >= 0.6 is 0 Å². The molecular weight excluding hydrogens is 321 g/mol. The Morgan fingerprint density at radius 2 is 1.84 bits per heavy atom. The van der Waals surface area contributed by atoms with Gasteiger partial charge in [0.05, 0.1) is 0 Å². The highest BCUT2D eigenvalue weighted by molar-refractivity contribution is 5.77. The molecule has 1 aromatic carbocycles. The second-order valence-electron chi connectivity index (χ2n) is 6.18. The SMILES string of the molecule is O=C(COc1ccc(F)cc1)NCC1CCN(c2ccncc2)CC1. The van der Waals surface area contributed by atoms with Crippen LogP contribution in [0.1, 0.15) is 12.8 Å². The number of ether oxygens (including phenoxy) is 1. The van der Waals surface area contributed by atoms with Gasteiger partial charge in [-0.2, -0.15) is 0 Å². The highest BCUT2D eigenvalue weighted by atomic mass is 19.1. The zero-order valence-corrected chi connectivity index (χ0v) is 14.0. The first kappa shape index (κ1) is 17.2. The molecular formula is C19H22FN3O2. The molecule has 1 fully saturated rings. The van der Waals surface area contributed by atoms with Gasteiger partial charge < -0.3 is 15.0 Å². The number of aromatic nitrogens is 1.